The van der Waals surface area contributed by atoms with Crippen LogP contribution in [-0.2, 0) is 7.05 Å². The molecular weight excluding hydrogens is 158 g/mol. The van der Waals surface area contributed by atoms with Crippen molar-refractivity contribution in [2.24, 2.45) is 7.05 Å². The zero-order valence-electron chi connectivity index (χ0n) is 6.87. The van der Waals surface area contributed by atoms with Crippen LogP contribution in [0.5, 0.6) is 0 Å². The van der Waals surface area contributed by atoms with E-state index >= 15 is 0 Å². The first-order chi connectivity index (χ1) is 5.54. The third-order valence-electron chi connectivity index (χ3n) is 1.80. The first kappa shape index (κ1) is 8.52. The molecular formula is C8H9NO3. The van der Waals surface area contributed by atoms with E-state index in [-0.39, 0.29) is 5.56 Å². The monoisotopic (exact) mass is 167 g/mol. The maximum Gasteiger partial charge on any atom is 0.341 e. The van der Waals surface area contributed by atoms with Crippen LogP contribution in [0.2, 0.25) is 0 Å². The number of aryl methyl sites for hydroxylation is 1. The van der Waals surface area contributed by atoms with Gasteiger partial charge >= 0.3 is 5.97 Å². The highest BCUT2D eigenvalue weighted by atomic mass is 16.4. The molecule has 1 heterocycles. The summed E-state index contributed by atoms with van der Waals surface area (Å²) in [6.07, 6.45) is 1.55. The molecule has 64 valence electrons. The number of hydrogen-bond donors (Lipinski definition) is 1. The second-order valence-electron chi connectivity index (χ2n) is 2.56. The van der Waals surface area contributed by atoms with Crippen LogP contribution in [0.25, 0.3) is 0 Å². The largest absolute Gasteiger partial charge is 0.477 e. The number of carboxylic acid groups (broad SMARTS) is 1. The molecule has 0 atom stereocenters. The lowest BCUT2D eigenvalue weighted by Crippen LogP contribution is -2.19. The van der Waals surface area contributed by atoms with Crippen LogP contribution in [0.3, 0.4) is 0 Å². The van der Waals surface area contributed by atoms with Gasteiger partial charge in [-0.3, -0.25) is 4.79 Å². The summed E-state index contributed by atoms with van der Waals surface area (Å²) in [5.74, 6) is -1.17. The van der Waals surface area contributed by atoms with Gasteiger partial charge in [-0.25, -0.2) is 4.79 Å². The van der Waals surface area contributed by atoms with E-state index in [0.717, 1.165) is 0 Å². The van der Waals surface area contributed by atoms with Crippen LogP contribution in [0.1, 0.15) is 16.1 Å². The van der Waals surface area contributed by atoms with Crippen molar-refractivity contribution >= 4 is 5.97 Å². The number of nitrogens with zero attached hydrogens (tertiary/aromatic N) is 1. The Labute approximate surface area is 69.1 Å². The molecule has 0 aromatic carbocycles. The van der Waals surface area contributed by atoms with Gasteiger partial charge in [0.15, 0.2) is 5.43 Å². The van der Waals surface area contributed by atoms with Gasteiger partial charge < -0.3 is 9.67 Å². The average molecular weight is 167 g/mol. The summed E-state index contributed by atoms with van der Waals surface area (Å²) >= 11 is 0. The minimum absolute atomic E-state index is 0.153. The maximum atomic E-state index is 11.0. The van der Waals surface area contributed by atoms with Gasteiger partial charge in [-0.15, -0.1) is 0 Å². The standard InChI is InChI=1S/C8H9NO3/c1-5-7(8(11)12)6(10)3-4-9(5)2/h3-4H,1-2H3,(H,11,12). The Kier molecular flexibility index (Phi) is 1.99. The molecule has 0 fully saturated rings. The summed E-state index contributed by atoms with van der Waals surface area (Å²) in [5.41, 5.74) is -0.131. The predicted molar refractivity (Wildman–Crippen MR) is 43.4 cm³/mol. The molecule has 0 bridgehead atoms. The Morgan fingerprint density at radius 1 is 1.58 bits per heavy atom. The van der Waals surface area contributed by atoms with Crippen molar-refractivity contribution < 1.29 is 9.90 Å². The van der Waals surface area contributed by atoms with Gasteiger partial charge in [0.1, 0.15) is 5.56 Å². The van der Waals surface area contributed by atoms with Gasteiger partial charge in [-0.1, -0.05) is 0 Å². The number of carbonyl (C=O) groups is 1. The number of hydrogen-bond acceptors (Lipinski definition) is 2. The van der Waals surface area contributed by atoms with Crippen molar-refractivity contribution in [3.63, 3.8) is 0 Å². The van der Waals surface area contributed by atoms with E-state index in [2.05, 4.69) is 0 Å². The molecule has 4 heteroatoms. The molecule has 1 rings (SSSR count). The van der Waals surface area contributed by atoms with E-state index in [1.165, 1.54) is 6.07 Å². The molecule has 0 radical (unpaired) electrons. The van der Waals surface area contributed by atoms with Crippen LogP contribution in [0.15, 0.2) is 17.1 Å². The highest BCUT2D eigenvalue weighted by molar-refractivity contribution is 5.88. The zero-order valence-corrected chi connectivity index (χ0v) is 6.87. The van der Waals surface area contributed by atoms with Crippen molar-refractivity contribution in [1.29, 1.82) is 0 Å². The van der Waals surface area contributed by atoms with Crippen LogP contribution in [-0.4, -0.2) is 15.6 Å². The minimum atomic E-state index is -1.17. The van der Waals surface area contributed by atoms with E-state index in [1.807, 2.05) is 0 Å². The first-order valence-corrected chi connectivity index (χ1v) is 3.43. The van der Waals surface area contributed by atoms with Crippen molar-refractivity contribution in [3.05, 3.63) is 33.7 Å². The predicted octanol–water partition coefficient (Wildman–Crippen LogP) is 0.392. The number of carboxylic acids is 1. The molecule has 0 spiro atoms. The second kappa shape index (κ2) is 2.81. The topological polar surface area (TPSA) is 59.3 Å². The molecule has 0 saturated heterocycles. The number of aromatic nitrogens is 1. The van der Waals surface area contributed by atoms with E-state index in [1.54, 1.807) is 24.7 Å². The molecule has 1 aromatic rings. The highest BCUT2D eigenvalue weighted by Gasteiger charge is 2.12. The Hall–Kier alpha value is -1.58. The summed E-state index contributed by atoms with van der Waals surface area (Å²) in [6, 6.07) is 1.25. The Bertz CT molecular complexity index is 378. The third-order valence-corrected chi connectivity index (χ3v) is 1.80. The number of rotatable bonds is 1. The summed E-state index contributed by atoms with van der Waals surface area (Å²) in [6.45, 7) is 1.60. The van der Waals surface area contributed by atoms with Crippen molar-refractivity contribution in [1.82, 2.24) is 4.57 Å². The lowest BCUT2D eigenvalue weighted by molar-refractivity contribution is 0.0693. The molecule has 0 saturated carbocycles. The lowest BCUT2D eigenvalue weighted by atomic mass is 10.2. The van der Waals surface area contributed by atoms with E-state index < -0.39 is 11.4 Å². The van der Waals surface area contributed by atoms with Gasteiger partial charge in [0.25, 0.3) is 0 Å². The highest BCUT2D eigenvalue weighted by Crippen LogP contribution is 2.00. The first-order valence-electron chi connectivity index (χ1n) is 3.43. The summed E-state index contributed by atoms with van der Waals surface area (Å²) in [5, 5.41) is 8.66. The quantitative estimate of drug-likeness (QED) is 0.658. The average Bonchev–Trinajstić information content (AvgIpc) is 1.97. The Morgan fingerprint density at radius 2 is 2.17 bits per heavy atom. The summed E-state index contributed by atoms with van der Waals surface area (Å²) < 4.78 is 1.60. The second-order valence-corrected chi connectivity index (χ2v) is 2.56. The van der Waals surface area contributed by atoms with Gasteiger partial charge in [0, 0.05) is 25.0 Å². The normalized spacial score (nSPS) is 9.83. The van der Waals surface area contributed by atoms with Gasteiger partial charge in [0.2, 0.25) is 0 Å². The number of aromatic carboxylic acids is 1. The molecule has 0 aliphatic heterocycles. The SMILES string of the molecule is Cc1c(C(=O)O)c(=O)ccn1C. The van der Waals surface area contributed by atoms with Crippen LogP contribution >= 0.6 is 0 Å². The van der Waals surface area contributed by atoms with Gasteiger partial charge in [0.05, 0.1) is 0 Å². The molecule has 0 aliphatic carbocycles. The minimum Gasteiger partial charge on any atom is -0.477 e. The summed E-state index contributed by atoms with van der Waals surface area (Å²) in [4.78, 5) is 21.6. The molecule has 12 heavy (non-hydrogen) atoms. The fourth-order valence-corrected chi connectivity index (χ4v) is 0.989. The van der Waals surface area contributed by atoms with Crippen molar-refractivity contribution in [3.8, 4) is 0 Å². The zero-order chi connectivity index (χ0) is 9.30. The fraction of sp³-hybridized carbons (Fsp3) is 0.250. The maximum absolute atomic E-state index is 11.0. The molecule has 1 N–H and O–H groups in total. The van der Waals surface area contributed by atoms with E-state index in [9.17, 15) is 9.59 Å². The van der Waals surface area contributed by atoms with Crippen LogP contribution in [0.4, 0.5) is 0 Å². The fourth-order valence-electron chi connectivity index (χ4n) is 0.989. The molecule has 0 unspecified atom stereocenters. The number of pyridine rings is 1. The van der Waals surface area contributed by atoms with Crippen molar-refractivity contribution in [2.75, 3.05) is 0 Å². The third kappa shape index (κ3) is 1.23. The Balaban J connectivity index is 3.54. The molecule has 0 aliphatic rings. The van der Waals surface area contributed by atoms with Crippen LogP contribution < -0.4 is 5.43 Å². The molecule has 4 nitrogen and oxygen atoms in total. The van der Waals surface area contributed by atoms with Crippen molar-refractivity contribution in [2.45, 2.75) is 6.92 Å². The van der Waals surface area contributed by atoms with Gasteiger partial charge in [-0.05, 0) is 6.92 Å². The Morgan fingerprint density at radius 3 is 2.58 bits per heavy atom. The molecule has 0 amide bonds. The molecule has 1 aromatic heterocycles. The summed E-state index contributed by atoms with van der Waals surface area (Å²) in [7, 11) is 1.70. The van der Waals surface area contributed by atoms with E-state index in [0.29, 0.717) is 5.69 Å². The van der Waals surface area contributed by atoms with Gasteiger partial charge in [-0.2, -0.15) is 0 Å². The van der Waals surface area contributed by atoms with E-state index in [4.69, 9.17) is 5.11 Å². The van der Waals surface area contributed by atoms with Crippen LogP contribution in [0, 0.1) is 6.92 Å². The lowest BCUT2D eigenvalue weighted by Gasteiger charge is -2.05. The smallest absolute Gasteiger partial charge is 0.341 e.